The van der Waals surface area contributed by atoms with Gasteiger partial charge >= 0.3 is 0 Å². The van der Waals surface area contributed by atoms with E-state index in [0.717, 1.165) is 6.54 Å². The Bertz CT molecular complexity index is 352. The third-order valence-electron chi connectivity index (χ3n) is 2.94. The van der Waals surface area contributed by atoms with E-state index in [2.05, 4.69) is 61.9 Å². The molecule has 1 unspecified atom stereocenters. The van der Waals surface area contributed by atoms with Gasteiger partial charge in [0.15, 0.2) is 0 Å². The second-order valence-electron chi connectivity index (χ2n) is 5.77. The lowest BCUT2D eigenvalue weighted by molar-refractivity contribution is 0.333. The predicted octanol–water partition coefficient (Wildman–Crippen LogP) is 5.30. The molecule has 0 aromatic carbocycles. The standard InChI is InChI=1S/C14H24BrNS/c1-6-16-12(7-8-14(3,4)5)11-9-13(15)17-10(11)2/h9,12,16H,6-8H2,1-5H3. The summed E-state index contributed by atoms with van der Waals surface area (Å²) in [4.78, 5) is 1.43. The van der Waals surface area contributed by atoms with E-state index >= 15 is 0 Å². The van der Waals surface area contributed by atoms with Gasteiger partial charge in [-0.05, 0) is 59.3 Å². The Morgan fingerprint density at radius 3 is 2.47 bits per heavy atom. The van der Waals surface area contributed by atoms with Gasteiger partial charge in [-0.15, -0.1) is 11.3 Å². The maximum Gasteiger partial charge on any atom is 0.0704 e. The van der Waals surface area contributed by atoms with Crippen LogP contribution in [0.3, 0.4) is 0 Å². The molecule has 98 valence electrons. The highest BCUT2D eigenvalue weighted by molar-refractivity contribution is 9.11. The average molecular weight is 318 g/mol. The molecule has 1 heterocycles. The summed E-state index contributed by atoms with van der Waals surface area (Å²) in [7, 11) is 0. The fraction of sp³-hybridized carbons (Fsp3) is 0.714. The smallest absolute Gasteiger partial charge is 0.0704 e. The summed E-state index contributed by atoms with van der Waals surface area (Å²) >= 11 is 5.42. The molecule has 1 N–H and O–H groups in total. The molecular weight excluding hydrogens is 294 g/mol. The third kappa shape index (κ3) is 5.11. The van der Waals surface area contributed by atoms with Crippen molar-refractivity contribution in [2.45, 2.75) is 53.5 Å². The molecule has 3 heteroatoms. The normalized spacial score (nSPS) is 14.0. The van der Waals surface area contributed by atoms with Crippen LogP contribution in [0.5, 0.6) is 0 Å². The first-order valence-corrected chi connectivity index (χ1v) is 7.93. The maximum atomic E-state index is 3.61. The van der Waals surface area contributed by atoms with Crippen molar-refractivity contribution in [2.24, 2.45) is 5.41 Å². The van der Waals surface area contributed by atoms with Crippen LogP contribution in [0.1, 0.15) is 57.0 Å². The van der Waals surface area contributed by atoms with Gasteiger partial charge in [0.2, 0.25) is 0 Å². The second-order valence-corrected chi connectivity index (χ2v) is 8.41. The first-order valence-electron chi connectivity index (χ1n) is 6.32. The van der Waals surface area contributed by atoms with E-state index in [1.54, 1.807) is 0 Å². The zero-order valence-electron chi connectivity index (χ0n) is 11.6. The Balaban J connectivity index is 2.75. The van der Waals surface area contributed by atoms with Crippen molar-refractivity contribution in [3.8, 4) is 0 Å². The van der Waals surface area contributed by atoms with Gasteiger partial charge in [0.05, 0.1) is 3.79 Å². The van der Waals surface area contributed by atoms with Gasteiger partial charge in [0.25, 0.3) is 0 Å². The van der Waals surface area contributed by atoms with E-state index in [0.29, 0.717) is 11.5 Å². The largest absolute Gasteiger partial charge is 0.310 e. The van der Waals surface area contributed by atoms with E-state index in [-0.39, 0.29) is 0 Å². The van der Waals surface area contributed by atoms with Crippen LogP contribution < -0.4 is 5.32 Å². The molecule has 1 aromatic rings. The van der Waals surface area contributed by atoms with E-state index < -0.39 is 0 Å². The number of halogens is 1. The molecule has 0 saturated carbocycles. The Morgan fingerprint density at radius 1 is 1.41 bits per heavy atom. The average Bonchev–Trinajstić information content (AvgIpc) is 2.51. The molecule has 0 aliphatic carbocycles. The van der Waals surface area contributed by atoms with Crippen LogP contribution in [0.4, 0.5) is 0 Å². The van der Waals surface area contributed by atoms with Crippen LogP contribution in [0.2, 0.25) is 0 Å². The van der Waals surface area contributed by atoms with Crippen molar-refractivity contribution < 1.29 is 0 Å². The van der Waals surface area contributed by atoms with Crippen LogP contribution in [0.15, 0.2) is 9.85 Å². The van der Waals surface area contributed by atoms with Crippen LogP contribution >= 0.6 is 27.3 Å². The minimum Gasteiger partial charge on any atom is -0.310 e. The lowest BCUT2D eigenvalue weighted by Gasteiger charge is -2.24. The molecule has 0 radical (unpaired) electrons. The lowest BCUT2D eigenvalue weighted by atomic mass is 9.87. The quantitative estimate of drug-likeness (QED) is 0.777. The molecule has 0 bridgehead atoms. The molecule has 1 rings (SSSR count). The fourth-order valence-electron chi connectivity index (χ4n) is 2.00. The highest BCUT2D eigenvalue weighted by Gasteiger charge is 2.18. The molecule has 0 aliphatic rings. The Morgan fingerprint density at radius 2 is 2.06 bits per heavy atom. The molecule has 0 amide bonds. The summed E-state index contributed by atoms with van der Waals surface area (Å²) in [6, 6.07) is 2.78. The number of hydrogen-bond acceptors (Lipinski definition) is 2. The Hall–Kier alpha value is 0.140. The van der Waals surface area contributed by atoms with Crippen LogP contribution in [0.25, 0.3) is 0 Å². The number of aryl methyl sites for hydroxylation is 1. The van der Waals surface area contributed by atoms with Crippen molar-refractivity contribution in [1.29, 1.82) is 0 Å². The minimum absolute atomic E-state index is 0.412. The first-order chi connectivity index (χ1) is 7.83. The van der Waals surface area contributed by atoms with Crippen molar-refractivity contribution in [2.75, 3.05) is 6.54 Å². The van der Waals surface area contributed by atoms with Crippen LogP contribution in [-0.4, -0.2) is 6.54 Å². The van der Waals surface area contributed by atoms with E-state index in [1.165, 1.54) is 27.1 Å². The number of rotatable bonds is 5. The van der Waals surface area contributed by atoms with Crippen molar-refractivity contribution >= 4 is 27.3 Å². The van der Waals surface area contributed by atoms with Crippen LogP contribution in [-0.2, 0) is 0 Å². The highest BCUT2D eigenvalue weighted by atomic mass is 79.9. The molecule has 0 fully saturated rings. The zero-order chi connectivity index (χ0) is 13.1. The summed E-state index contributed by atoms with van der Waals surface area (Å²) in [5, 5.41) is 3.61. The molecule has 1 aromatic heterocycles. The van der Waals surface area contributed by atoms with Gasteiger partial charge in [-0.2, -0.15) is 0 Å². The van der Waals surface area contributed by atoms with Crippen molar-refractivity contribution in [3.05, 3.63) is 20.3 Å². The van der Waals surface area contributed by atoms with E-state index in [4.69, 9.17) is 0 Å². The Kier molecular flexibility index (Phi) is 5.68. The predicted molar refractivity (Wildman–Crippen MR) is 81.9 cm³/mol. The lowest BCUT2D eigenvalue weighted by Crippen LogP contribution is -2.22. The molecule has 0 aliphatic heterocycles. The van der Waals surface area contributed by atoms with E-state index in [9.17, 15) is 0 Å². The number of nitrogens with one attached hydrogen (secondary N) is 1. The highest BCUT2D eigenvalue weighted by Crippen LogP contribution is 2.34. The monoisotopic (exact) mass is 317 g/mol. The van der Waals surface area contributed by atoms with Crippen molar-refractivity contribution in [1.82, 2.24) is 5.32 Å². The van der Waals surface area contributed by atoms with E-state index in [1.807, 2.05) is 11.3 Å². The molecule has 1 nitrogen and oxygen atoms in total. The minimum atomic E-state index is 0.412. The number of hydrogen-bond donors (Lipinski definition) is 1. The first kappa shape index (κ1) is 15.2. The van der Waals surface area contributed by atoms with Gasteiger partial charge in [-0.1, -0.05) is 27.7 Å². The zero-order valence-corrected chi connectivity index (χ0v) is 14.0. The molecule has 0 saturated heterocycles. The summed E-state index contributed by atoms with van der Waals surface area (Å²) in [6.07, 6.45) is 2.46. The molecule has 1 atom stereocenters. The summed E-state index contributed by atoms with van der Waals surface area (Å²) in [6.45, 7) is 12.4. The number of thiophene rings is 1. The van der Waals surface area contributed by atoms with Gasteiger partial charge in [-0.3, -0.25) is 0 Å². The molecule has 17 heavy (non-hydrogen) atoms. The van der Waals surface area contributed by atoms with Gasteiger partial charge in [-0.25, -0.2) is 0 Å². The van der Waals surface area contributed by atoms with Gasteiger partial charge in [0.1, 0.15) is 0 Å². The van der Waals surface area contributed by atoms with Crippen LogP contribution in [0, 0.1) is 12.3 Å². The topological polar surface area (TPSA) is 12.0 Å². The van der Waals surface area contributed by atoms with Gasteiger partial charge < -0.3 is 5.32 Å². The van der Waals surface area contributed by atoms with Crippen molar-refractivity contribution in [3.63, 3.8) is 0 Å². The molecule has 0 spiro atoms. The molecular formula is C14H24BrNS. The third-order valence-corrected chi connectivity index (χ3v) is 4.50. The summed E-state index contributed by atoms with van der Waals surface area (Å²) < 4.78 is 1.24. The SMILES string of the molecule is CCNC(CCC(C)(C)C)c1cc(Br)sc1C. The summed E-state index contributed by atoms with van der Waals surface area (Å²) in [5.74, 6) is 0. The second kappa shape index (κ2) is 6.35. The van der Waals surface area contributed by atoms with Gasteiger partial charge in [0, 0.05) is 10.9 Å². The summed E-state index contributed by atoms with van der Waals surface area (Å²) in [5.41, 5.74) is 1.88. The maximum absolute atomic E-state index is 3.61. The Labute approximate surface area is 118 Å². The fourth-order valence-corrected chi connectivity index (χ4v) is 3.77.